The van der Waals surface area contributed by atoms with E-state index in [1.807, 2.05) is 24.3 Å². The molecule has 0 bridgehead atoms. The van der Waals surface area contributed by atoms with E-state index >= 15 is 0 Å². The monoisotopic (exact) mass is 364 g/mol. The first-order valence-corrected chi connectivity index (χ1v) is 7.37. The molecule has 106 valence electrons. The fourth-order valence-electron chi connectivity index (χ4n) is 2.29. The Labute approximate surface area is 133 Å². The van der Waals surface area contributed by atoms with Crippen molar-refractivity contribution < 1.29 is 9.52 Å². The summed E-state index contributed by atoms with van der Waals surface area (Å²) in [6.07, 6.45) is 0. The molecule has 1 N–H and O–H groups in total. The van der Waals surface area contributed by atoms with Crippen molar-refractivity contribution in [2.75, 3.05) is 0 Å². The largest absolute Gasteiger partial charge is 0.506 e. The molecule has 0 saturated carbocycles. The van der Waals surface area contributed by atoms with Crippen LogP contribution in [0.2, 0.25) is 5.02 Å². The summed E-state index contributed by atoms with van der Waals surface area (Å²) in [7, 11) is 0. The highest BCUT2D eigenvalue weighted by Gasteiger charge is 2.16. The maximum atomic E-state index is 12.7. The third-order valence-electron chi connectivity index (χ3n) is 3.28. The molecule has 0 aliphatic rings. The van der Waals surface area contributed by atoms with Crippen LogP contribution in [0, 0.1) is 6.92 Å². The molecule has 2 aromatic carbocycles. The third kappa shape index (κ3) is 2.34. The zero-order valence-corrected chi connectivity index (χ0v) is 13.3. The Balaban J connectivity index is 2.43. The predicted octanol–water partition coefficient (Wildman–Crippen LogP) is 4.89. The van der Waals surface area contributed by atoms with Gasteiger partial charge in [0.05, 0.1) is 16.0 Å². The van der Waals surface area contributed by atoms with Crippen molar-refractivity contribution in [2.45, 2.75) is 6.92 Å². The third-order valence-corrected chi connectivity index (χ3v) is 4.27. The molecule has 0 saturated heterocycles. The van der Waals surface area contributed by atoms with Crippen LogP contribution < -0.4 is 5.43 Å². The van der Waals surface area contributed by atoms with Gasteiger partial charge in [-0.25, -0.2) is 0 Å². The summed E-state index contributed by atoms with van der Waals surface area (Å²) < 4.78 is 6.49. The molecular weight excluding hydrogens is 356 g/mol. The zero-order chi connectivity index (χ0) is 15.1. The Morgan fingerprint density at radius 1 is 1.24 bits per heavy atom. The normalized spacial score (nSPS) is 11.0. The number of aryl methyl sites for hydroxylation is 1. The first-order valence-electron chi connectivity index (χ1n) is 6.20. The van der Waals surface area contributed by atoms with Crippen LogP contribution in [-0.4, -0.2) is 5.11 Å². The van der Waals surface area contributed by atoms with Gasteiger partial charge in [0.1, 0.15) is 17.1 Å². The summed E-state index contributed by atoms with van der Waals surface area (Å²) in [4.78, 5) is 12.7. The predicted molar refractivity (Wildman–Crippen MR) is 87.0 cm³/mol. The second kappa shape index (κ2) is 5.20. The average molecular weight is 366 g/mol. The number of hydrogen-bond acceptors (Lipinski definition) is 3. The fraction of sp³-hybridized carbons (Fsp3) is 0.0625. The zero-order valence-electron chi connectivity index (χ0n) is 11.0. The van der Waals surface area contributed by atoms with Crippen LogP contribution in [0.1, 0.15) is 5.76 Å². The molecule has 3 aromatic rings. The SMILES string of the molecule is Cc1oc2cc(O)c(Cl)cc2c(=O)c1-c1ccccc1Br. The maximum absolute atomic E-state index is 12.7. The highest BCUT2D eigenvalue weighted by Crippen LogP contribution is 2.33. The Morgan fingerprint density at radius 3 is 2.67 bits per heavy atom. The molecule has 3 nitrogen and oxygen atoms in total. The number of aromatic hydroxyl groups is 1. The summed E-state index contributed by atoms with van der Waals surface area (Å²) in [5.41, 5.74) is 1.38. The van der Waals surface area contributed by atoms with Crippen molar-refractivity contribution in [1.82, 2.24) is 0 Å². The first kappa shape index (κ1) is 14.2. The molecule has 1 heterocycles. The van der Waals surface area contributed by atoms with E-state index in [1.54, 1.807) is 6.92 Å². The van der Waals surface area contributed by atoms with Gasteiger partial charge in [0.25, 0.3) is 0 Å². The molecule has 1 aromatic heterocycles. The fourth-order valence-corrected chi connectivity index (χ4v) is 2.94. The Kier molecular flexibility index (Phi) is 3.51. The van der Waals surface area contributed by atoms with Gasteiger partial charge in [-0.3, -0.25) is 4.79 Å². The quantitative estimate of drug-likeness (QED) is 0.668. The molecule has 3 rings (SSSR count). The first-order chi connectivity index (χ1) is 9.99. The van der Waals surface area contributed by atoms with Crippen LogP contribution in [0.3, 0.4) is 0 Å². The average Bonchev–Trinajstić information content (AvgIpc) is 2.43. The molecule has 0 radical (unpaired) electrons. The molecule has 5 heteroatoms. The van der Waals surface area contributed by atoms with E-state index in [9.17, 15) is 9.90 Å². The van der Waals surface area contributed by atoms with Gasteiger partial charge < -0.3 is 9.52 Å². The van der Waals surface area contributed by atoms with Gasteiger partial charge in [-0.1, -0.05) is 45.7 Å². The lowest BCUT2D eigenvalue weighted by Crippen LogP contribution is -2.07. The molecule has 0 unspecified atom stereocenters. The van der Waals surface area contributed by atoms with E-state index in [0.717, 1.165) is 10.0 Å². The van der Waals surface area contributed by atoms with Gasteiger partial charge in [-0.15, -0.1) is 0 Å². The minimum atomic E-state index is -0.178. The van der Waals surface area contributed by atoms with Crippen molar-refractivity contribution in [3.05, 3.63) is 61.9 Å². The summed E-state index contributed by atoms with van der Waals surface area (Å²) in [6.45, 7) is 1.72. The molecule has 0 spiro atoms. The summed E-state index contributed by atoms with van der Waals surface area (Å²) in [5, 5.41) is 10.1. The number of phenols is 1. The van der Waals surface area contributed by atoms with Gasteiger partial charge in [0.15, 0.2) is 0 Å². The van der Waals surface area contributed by atoms with E-state index in [2.05, 4.69) is 15.9 Å². The van der Waals surface area contributed by atoms with Crippen LogP contribution in [0.15, 0.2) is 50.1 Å². The summed E-state index contributed by atoms with van der Waals surface area (Å²) >= 11 is 9.33. The van der Waals surface area contributed by atoms with Crippen LogP contribution in [-0.2, 0) is 0 Å². The van der Waals surface area contributed by atoms with Crippen molar-refractivity contribution in [1.29, 1.82) is 0 Å². The minimum Gasteiger partial charge on any atom is -0.506 e. The van der Waals surface area contributed by atoms with Crippen LogP contribution in [0.25, 0.3) is 22.1 Å². The lowest BCUT2D eigenvalue weighted by atomic mass is 10.0. The van der Waals surface area contributed by atoms with Crippen LogP contribution >= 0.6 is 27.5 Å². The molecule has 0 fully saturated rings. The van der Waals surface area contributed by atoms with Gasteiger partial charge in [-0.2, -0.15) is 0 Å². The Hall–Kier alpha value is -1.78. The van der Waals surface area contributed by atoms with Crippen molar-refractivity contribution in [3.63, 3.8) is 0 Å². The topological polar surface area (TPSA) is 50.4 Å². The van der Waals surface area contributed by atoms with Crippen molar-refractivity contribution in [2.24, 2.45) is 0 Å². The molecule has 21 heavy (non-hydrogen) atoms. The smallest absolute Gasteiger partial charge is 0.200 e. The lowest BCUT2D eigenvalue weighted by molar-refractivity contribution is 0.473. The van der Waals surface area contributed by atoms with E-state index in [4.69, 9.17) is 16.0 Å². The Morgan fingerprint density at radius 2 is 1.95 bits per heavy atom. The second-order valence-electron chi connectivity index (χ2n) is 4.64. The second-order valence-corrected chi connectivity index (χ2v) is 5.90. The van der Waals surface area contributed by atoms with Crippen LogP contribution in [0.4, 0.5) is 0 Å². The van der Waals surface area contributed by atoms with Gasteiger partial charge in [-0.05, 0) is 19.1 Å². The Bertz CT molecular complexity index is 915. The number of halogens is 2. The minimum absolute atomic E-state index is 0.111. The lowest BCUT2D eigenvalue weighted by Gasteiger charge is -2.09. The van der Waals surface area contributed by atoms with Crippen molar-refractivity contribution >= 4 is 38.5 Å². The molecular formula is C16H10BrClO3. The van der Waals surface area contributed by atoms with Gasteiger partial charge in [0, 0.05) is 16.1 Å². The molecule has 0 aliphatic heterocycles. The number of rotatable bonds is 1. The van der Waals surface area contributed by atoms with Crippen molar-refractivity contribution in [3.8, 4) is 16.9 Å². The number of phenolic OH excluding ortho intramolecular Hbond substituents is 1. The number of fused-ring (bicyclic) bond motifs is 1. The van der Waals surface area contributed by atoms with E-state index in [-0.39, 0.29) is 16.2 Å². The molecule has 0 aliphatic carbocycles. The highest BCUT2D eigenvalue weighted by atomic mass is 79.9. The standard InChI is InChI=1S/C16H10BrClO3/c1-8-15(9-4-2-3-5-11(9)17)16(20)10-6-12(18)13(19)7-14(10)21-8/h2-7,19H,1H3. The number of benzene rings is 2. The maximum Gasteiger partial charge on any atom is 0.200 e. The van der Waals surface area contributed by atoms with Gasteiger partial charge in [0.2, 0.25) is 5.43 Å². The van der Waals surface area contributed by atoms with E-state index in [0.29, 0.717) is 22.3 Å². The summed E-state index contributed by atoms with van der Waals surface area (Å²) in [6, 6.07) is 10.2. The number of hydrogen-bond donors (Lipinski definition) is 1. The van der Waals surface area contributed by atoms with E-state index < -0.39 is 0 Å². The summed E-state index contributed by atoms with van der Waals surface area (Å²) in [5.74, 6) is 0.376. The molecule has 0 amide bonds. The highest BCUT2D eigenvalue weighted by molar-refractivity contribution is 9.10. The molecule has 0 atom stereocenters. The van der Waals surface area contributed by atoms with Gasteiger partial charge >= 0.3 is 0 Å². The van der Waals surface area contributed by atoms with Crippen LogP contribution in [0.5, 0.6) is 5.75 Å². The van der Waals surface area contributed by atoms with E-state index in [1.165, 1.54) is 12.1 Å².